The van der Waals surface area contributed by atoms with Crippen molar-refractivity contribution >= 4 is 17.5 Å². The Kier molecular flexibility index (Phi) is 9.41. The first-order valence-electron chi connectivity index (χ1n) is 13.1. The second-order valence-electron chi connectivity index (χ2n) is 10.0. The molecule has 1 N–H and O–H groups in total. The molecular weight excluding hydrogens is 755 g/mol. The fourth-order valence-electron chi connectivity index (χ4n) is 4.71. The smallest absolute Gasteiger partial charge is 0.255 e. The molecule has 4 rings (SSSR count). The zero-order valence-electron chi connectivity index (χ0n) is 23.2. The van der Waals surface area contributed by atoms with E-state index < -0.39 is 6.10 Å². The first-order valence-corrected chi connectivity index (χ1v) is 13.1. The molecule has 2 amide bonds. The van der Waals surface area contributed by atoms with Crippen molar-refractivity contribution in [3.8, 4) is 5.75 Å². The number of anilines is 1. The Morgan fingerprint density at radius 2 is 1.80 bits per heavy atom. The minimum Gasteiger partial charge on any atom is -0.484 e. The third-order valence-corrected chi connectivity index (χ3v) is 7.00. The van der Waals surface area contributed by atoms with Crippen LogP contribution in [0.15, 0.2) is 73.3 Å². The number of ether oxygens (including phenoxy) is 1. The van der Waals surface area contributed by atoms with Gasteiger partial charge >= 0.3 is 0 Å². The van der Waals surface area contributed by atoms with Crippen LogP contribution < -0.4 is 10.1 Å². The molecule has 2 atom stereocenters. The maximum absolute atomic E-state index is 14.5. The Morgan fingerprint density at radius 1 is 1.07 bits per heavy atom. The summed E-state index contributed by atoms with van der Waals surface area (Å²) in [6.45, 7) is 14.9. The number of amides is 2. The van der Waals surface area contributed by atoms with Gasteiger partial charge in [0.25, 0.3) is 5.91 Å². The number of rotatable bonds is 8. The van der Waals surface area contributed by atoms with E-state index in [-0.39, 0.29) is 23.7 Å². The van der Waals surface area contributed by atoms with E-state index in [1.807, 2.05) is 51.6 Å². The molecule has 0 aliphatic carbocycles. The second-order valence-corrected chi connectivity index (χ2v) is 10.0. The average molecular weight is 791 g/mol. The molecule has 1 aliphatic rings. The van der Waals surface area contributed by atoms with Crippen molar-refractivity contribution in [1.29, 1.82) is 0 Å². The normalized spacial score (nSPS) is 16.0. The standard InChI is InChI=1S/C32H35FN3O3.Lr/c1-6-31(37)36-16-15-35(19-24(36)5)20-30(26-9-8-22(3)28(33)18-26)39-27-12-10-25(11-13-27)32(38)34-29-14-7-21(2)17-23(29)4;/h6-14,17-19,24,30H,1,15-16,20H2,2-5H3,(H,34,38);/q-1;/t24-,30+;/m1./s1. The molecular formula is C32H35FLrN3O3-. The molecule has 3 aromatic carbocycles. The molecule has 0 aromatic heterocycles. The number of aryl methyl sites for hydroxylation is 3. The molecule has 219 valence electrons. The first kappa shape index (κ1) is 29.6. The summed E-state index contributed by atoms with van der Waals surface area (Å²) in [6, 6.07) is 17.8. The minimum absolute atomic E-state index is 0. The van der Waals surface area contributed by atoms with Crippen LogP contribution >= 0.6 is 0 Å². The largest absolute Gasteiger partial charge is 0.484 e. The summed E-state index contributed by atoms with van der Waals surface area (Å²) in [5.41, 5.74) is 4.68. The summed E-state index contributed by atoms with van der Waals surface area (Å²) in [5.74, 6) is -0.0366. The quantitative estimate of drug-likeness (QED) is 0.225. The summed E-state index contributed by atoms with van der Waals surface area (Å²) >= 11 is 0. The number of nitrogens with one attached hydrogen (secondary N) is 1. The number of benzene rings is 3. The van der Waals surface area contributed by atoms with Crippen molar-refractivity contribution in [2.24, 2.45) is 0 Å². The van der Waals surface area contributed by atoms with E-state index >= 15 is 0 Å². The van der Waals surface area contributed by atoms with Gasteiger partial charge in [0.1, 0.15) is 17.7 Å². The number of carbonyl (C=O) groups is 2. The van der Waals surface area contributed by atoms with Crippen molar-refractivity contribution < 1.29 is 18.7 Å². The van der Waals surface area contributed by atoms with E-state index in [0.717, 1.165) is 16.8 Å². The summed E-state index contributed by atoms with van der Waals surface area (Å²) < 4.78 is 20.9. The van der Waals surface area contributed by atoms with Gasteiger partial charge in [-0.1, -0.05) is 49.4 Å². The Hall–Kier alpha value is -4.97. The SMILES string of the molecule is C=CC(=O)N1CCN(C[C@H](Oc2ccc(C(=O)Nc3ccc(C)cc3C)cc2)c2ccc(C)c(F)c2)[CH-][C@H]1C.[Lr]. The van der Waals surface area contributed by atoms with Gasteiger partial charge in [-0.25, -0.2) is 10.9 Å². The molecule has 1 fully saturated rings. The number of nitrogens with zero attached hydrogens (tertiary/aromatic N) is 2. The van der Waals surface area contributed by atoms with Crippen molar-refractivity contribution in [3.05, 3.63) is 113 Å². The van der Waals surface area contributed by atoms with Crippen LogP contribution in [0.2, 0.25) is 0 Å². The van der Waals surface area contributed by atoms with E-state index in [1.54, 1.807) is 42.2 Å². The molecule has 1 radical (unpaired) electrons. The summed E-state index contributed by atoms with van der Waals surface area (Å²) in [7, 11) is 0. The van der Waals surface area contributed by atoms with Crippen molar-refractivity contribution in [1.82, 2.24) is 9.80 Å². The number of halogens is 1. The van der Waals surface area contributed by atoms with Gasteiger partial charge in [-0.15, -0.1) is 0 Å². The summed E-state index contributed by atoms with van der Waals surface area (Å²) in [5, 5.41) is 2.96. The van der Waals surface area contributed by atoms with Crippen molar-refractivity contribution in [2.45, 2.75) is 39.8 Å². The Morgan fingerprint density at radius 3 is 2.42 bits per heavy atom. The van der Waals surface area contributed by atoms with Crippen LogP contribution in [0.1, 0.15) is 45.6 Å². The fraction of sp³-hybridized carbons (Fsp3) is 0.281. The molecule has 1 heterocycles. The number of hydrogen-bond acceptors (Lipinski definition) is 4. The van der Waals surface area contributed by atoms with Crippen LogP contribution in [0, 0.1) is 33.1 Å². The number of carbonyl (C=O) groups excluding carboxylic acids is 2. The van der Waals surface area contributed by atoms with E-state index in [0.29, 0.717) is 42.1 Å². The number of hydrogen-bond donors (Lipinski definition) is 1. The topological polar surface area (TPSA) is 61.9 Å². The molecule has 0 saturated carbocycles. The Bertz CT molecular complexity index is 1360. The van der Waals surface area contributed by atoms with Crippen LogP contribution in [-0.2, 0) is 4.79 Å². The third kappa shape index (κ3) is 6.91. The van der Waals surface area contributed by atoms with Gasteiger partial charge in [0.15, 0.2) is 0 Å². The Balaban J connectivity index is 0.00000441. The van der Waals surface area contributed by atoms with Crippen LogP contribution in [0.4, 0.5) is 10.1 Å². The van der Waals surface area contributed by atoms with Gasteiger partial charge in [-0.3, -0.25) is 9.59 Å². The molecule has 0 bridgehead atoms. The minimum atomic E-state index is -0.472. The average Bonchev–Trinajstić information content (AvgIpc) is 2.91. The van der Waals surface area contributed by atoms with Crippen LogP contribution in [0.5, 0.6) is 5.75 Å². The molecule has 40 heavy (non-hydrogen) atoms. The maximum Gasteiger partial charge on any atom is 0.255 e. The van der Waals surface area contributed by atoms with E-state index in [2.05, 4.69) is 16.8 Å². The summed E-state index contributed by atoms with van der Waals surface area (Å²) in [6.07, 6.45) is 0.854. The van der Waals surface area contributed by atoms with Gasteiger partial charge in [-0.2, -0.15) is 0 Å². The van der Waals surface area contributed by atoms with Crippen LogP contribution in [0.25, 0.3) is 0 Å². The fourth-order valence-corrected chi connectivity index (χ4v) is 4.71. The predicted octanol–water partition coefficient (Wildman–Crippen LogP) is 6.00. The monoisotopic (exact) mass is 790 g/mol. The van der Waals surface area contributed by atoms with Gasteiger partial charge in [0, 0.05) is 24.3 Å². The van der Waals surface area contributed by atoms with Gasteiger partial charge in [0.05, 0.1) is 0 Å². The molecule has 1 aliphatic heterocycles. The first-order chi connectivity index (χ1) is 18.6. The van der Waals surface area contributed by atoms with Crippen LogP contribution in [-0.4, -0.2) is 47.3 Å². The van der Waals surface area contributed by atoms with Gasteiger partial charge in [-0.05, 0) is 86.5 Å². The van der Waals surface area contributed by atoms with E-state index in [1.165, 1.54) is 12.1 Å². The molecule has 3 aromatic rings. The molecule has 6 nitrogen and oxygen atoms in total. The van der Waals surface area contributed by atoms with Crippen LogP contribution in [0.3, 0.4) is 0 Å². The number of piperazine rings is 1. The molecule has 8 heteroatoms. The Labute approximate surface area is 230 Å². The molecule has 0 unspecified atom stereocenters. The second kappa shape index (κ2) is 12.7. The zero-order chi connectivity index (χ0) is 28.1. The van der Waals surface area contributed by atoms with Gasteiger partial charge < -0.3 is 19.9 Å². The van der Waals surface area contributed by atoms with Crippen molar-refractivity contribution in [2.75, 3.05) is 25.0 Å². The molecule has 0 spiro atoms. The summed E-state index contributed by atoms with van der Waals surface area (Å²) in [4.78, 5) is 28.8. The van der Waals surface area contributed by atoms with Gasteiger partial charge in [0.2, 0.25) is 5.91 Å². The van der Waals surface area contributed by atoms with E-state index in [4.69, 9.17) is 4.74 Å². The van der Waals surface area contributed by atoms with E-state index in [9.17, 15) is 14.0 Å². The zero-order valence-corrected chi connectivity index (χ0v) is 25.3. The molecule has 1 saturated heterocycles. The van der Waals surface area contributed by atoms with Crippen molar-refractivity contribution in [3.63, 3.8) is 0 Å². The third-order valence-electron chi connectivity index (χ3n) is 7.00. The predicted molar refractivity (Wildman–Crippen MR) is 152 cm³/mol. The maximum atomic E-state index is 14.5.